The first-order valence-corrected chi connectivity index (χ1v) is 13.8. The van der Waals surface area contributed by atoms with E-state index >= 15 is 0 Å². The van der Waals surface area contributed by atoms with E-state index in [2.05, 4.69) is 20.8 Å². The fourth-order valence-electron chi connectivity index (χ4n) is 3.04. The van der Waals surface area contributed by atoms with Crippen molar-refractivity contribution in [3.8, 4) is 0 Å². The molecule has 2 heterocycles. The maximum absolute atomic E-state index is 12.9. The first-order chi connectivity index (χ1) is 16.7. The molecule has 0 aromatic carbocycles. The van der Waals surface area contributed by atoms with Crippen LogP contribution < -0.4 is 10.6 Å². The van der Waals surface area contributed by atoms with Crippen LogP contribution in [0.3, 0.4) is 0 Å². The Morgan fingerprint density at radius 1 is 0.914 bits per heavy atom. The summed E-state index contributed by atoms with van der Waals surface area (Å²) in [4.78, 5) is 50.2. The van der Waals surface area contributed by atoms with Crippen LogP contribution >= 0.6 is 34.4 Å². The van der Waals surface area contributed by atoms with E-state index in [4.69, 9.17) is 9.47 Å². The SMILES string of the molecule is CCOC(=O)c1sc(NC(=O)C(C)Sc2nnc(NC(=O)C(CC)CC)s2)c(C(=O)OCC)c1C. The zero-order valence-electron chi connectivity index (χ0n) is 20.6. The molecule has 0 aliphatic rings. The number of aromatic nitrogens is 2. The summed E-state index contributed by atoms with van der Waals surface area (Å²) in [7, 11) is 0. The lowest BCUT2D eigenvalue weighted by Gasteiger charge is -2.11. The number of esters is 2. The number of anilines is 2. The van der Waals surface area contributed by atoms with E-state index < -0.39 is 23.1 Å². The molecule has 35 heavy (non-hydrogen) atoms. The lowest BCUT2D eigenvalue weighted by Crippen LogP contribution is -2.23. The summed E-state index contributed by atoms with van der Waals surface area (Å²) in [5.74, 6) is -1.79. The second-order valence-corrected chi connectivity index (χ2v) is 10.9. The number of rotatable bonds is 12. The van der Waals surface area contributed by atoms with Gasteiger partial charge in [0.15, 0.2) is 4.34 Å². The van der Waals surface area contributed by atoms with Gasteiger partial charge in [-0.2, -0.15) is 0 Å². The second kappa shape index (κ2) is 13.5. The van der Waals surface area contributed by atoms with Crippen LogP contribution in [0, 0.1) is 12.8 Å². The van der Waals surface area contributed by atoms with Gasteiger partial charge in [-0.15, -0.1) is 21.5 Å². The van der Waals surface area contributed by atoms with Crippen LogP contribution in [0.4, 0.5) is 10.1 Å². The van der Waals surface area contributed by atoms with Gasteiger partial charge in [-0.25, -0.2) is 9.59 Å². The monoisotopic (exact) mass is 542 g/mol. The van der Waals surface area contributed by atoms with E-state index in [-0.39, 0.29) is 40.5 Å². The molecule has 13 heteroatoms. The van der Waals surface area contributed by atoms with Crippen molar-refractivity contribution < 1.29 is 28.7 Å². The number of nitrogens with one attached hydrogen (secondary N) is 2. The summed E-state index contributed by atoms with van der Waals surface area (Å²) in [6.07, 6.45) is 1.46. The number of hydrogen-bond donors (Lipinski definition) is 2. The highest BCUT2D eigenvalue weighted by molar-refractivity contribution is 8.02. The fraction of sp³-hybridized carbons (Fsp3) is 0.545. The average molecular weight is 543 g/mol. The normalized spacial score (nSPS) is 11.7. The van der Waals surface area contributed by atoms with E-state index in [1.54, 1.807) is 27.7 Å². The number of carbonyl (C=O) groups excluding carboxylic acids is 4. The third-order valence-electron chi connectivity index (χ3n) is 4.96. The molecule has 0 fully saturated rings. The number of ether oxygens (including phenoxy) is 2. The van der Waals surface area contributed by atoms with Crippen molar-refractivity contribution >= 4 is 68.3 Å². The summed E-state index contributed by atoms with van der Waals surface area (Å²) < 4.78 is 10.7. The molecule has 10 nitrogen and oxygen atoms in total. The molecule has 0 aliphatic heterocycles. The third-order valence-corrected chi connectivity index (χ3v) is 8.17. The number of nitrogens with zero attached hydrogens (tertiary/aromatic N) is 2. The Balaban J connectivity index is 2.14. The molecule has 2 rings (SSSR count). The van der Waals surface area contributed by atoms with Gasteiger partial charge in [0.2, 0.25) is 16.9 Å². The largest absolute Gasteiger partial charge is 0.462 e. The number of hydrogen-bond acceptors (Lipinski definition) is 11. The maximum atomic E-state index is 12.9. The summed E-state index contributed by atoms with van der Waals surface area (Å²) in [6, 6.07) is 0. The minimum atomic E-state index is -0.630. The second-order valence-electron chi connectivity index (χ2n) is 7.33. The molecule has 0 aliphatic carbocycles. The molecule has 2 aromatic heterocycles. The quantitative estimate of drug-likeness (QED) is 0.221. The van der Waals surface area contributed by atoms with E-state index in [1.165, 1.54) is 23.1 Å². The van der Waals surface area contributed by atoms with E-state index in [9.17, 15) is 19.2 Å². The van der Waals surface area contributed by atoms with Gasteiger partial charge in [0.25, 0.3) is 0 Å². The highest BCUT2D eigenvalue weighted by Gasteiger charge is 2.28. The highest BCUT2D eigenvalue weighted by atomic mass is 32.2. The molecule has 1 unspecified atom stereocenters. The first kappa shape index (κ1) is 28.7. The van der Waals surface area contributed by atoms with Crippen molar-refractivity contribution in [1.82, 2.24) is 10.2 Å². The molecule has 0 radical (unpaired) electrons. The molecule has 0 bridgehead atoms. The molecular weight excluding hydrogens is 512 g/mol. The fourth-order valence-corrected chi connectivity index (χ4v) is 6.03. The van der Waals surface area contributed by atoms with Crippen LogP contribution in [-0.2, 0) is 19.1 Å². The van der Waals surface area contributed by atoms with Crippen LogP contribution in [0.5, 0.6) is 0 Å². The summed E-state index contributed by atoms with van der Waals surface area (Å²) in [5, 5.41) is 13.5. The van der Waals surface area contributed by atoms with Crippen LogP contribution in [0.1, 0.15) is 73.1 Å². The molecule has 0 saturated heterocycles. The minimum Gasteiger partial charge on any atom is -0.462 e. The van der Waals surface area contributed by atoms with E-state index in [0.717, 1.165) is 24.2 Å². The molecule has 2 N–H and O–H groups in total. The molecule has 2 aromatic rings. The summed E-state index contributed by atoms with van der Waals surface area (Å²) in [5.41, 5.74) is 0.525. The molecule has 0 spiro atoms. The molecule has 1 atom stereocenters. The van der Waals surface area contributed by atoms with E-state index in [0.29, 0.717) is 15.0 Å². The van der Waals surface area contributed by atoms with Crippen molar-refractivity contribution in [2.24, 2.45) is 5.92 Å². The zero-order chi connectivity index (χ0) is 26.1. The lowest BCUT2D eigenvalue weighted by molar-refractivity contribution is -0.120. The molecule has 2 amide bonds. The van der Waals surface area contributed by atoms with Gasteiger partial charge in [-0.1, -0.05) is 36.9 Å². The first-order valence-electron chi connectivity index (χ1n) is 11.3. The smallest absolute Gasteiger partial charge is 0.348 e. The third kappa shape index (κ3) is 7.48. The number of thioether (sulfide) groups is 1. The van der Waals surface area contributed by atoms with Gasteiger partial charge in [-0.05, 0) is 46.1 Å². The van der Waals surface area contributed by atoms with Crippen molar-refractivity contribution in [3.05, 3.63) is 16.0 Å². The number of thiophene rings is 1. The van der Waals surface area contributed by atoms with Gasteiger partial charge < -0.3 is 20.1 Å². The maximum Gasteiger partial charge on any atom is 0.348 e. The summed E-state index contributed by atoms with van der Waals surface area (Å²) in [6.45, 7) is 10.9. The highest BCUT2D eigenvalue weighted by Crippen LogP contribution is 2.36. The topological polar surface area (TPSA) is 137 Å². The standard InChI is InChI=1S/C22H30N4O6S3/c1-7-13(8-2)17(28)24-21-25-26-22(35-21)33-12(6)16(27)23-18-14(19(29)31-9-3)11(5)15(34-18)20(30)32-10-4/h12-13H,7-10H2,1-6H3,(H,23,27)(H,24,25,28). The van der Waals surface area contributed by atoms with Gasteiger partial charge in [-0.3, -0.25) is 9.59 Å². The Bertz CT molecular complexity index is 1060. The predicted molar refractivity (Wildman–Crippen MR) is 138 cm³/mol. The molecular formula is C22H30N4O6S3. The van der Waals surface area contributed by atoms with Crippen LogP contribution in [-0.4, -0.2) is 52.4 Å². The molecule has 0 saturated carbocycles. The van der Waals surface area contributed by atoms with Crippen molar-refractivity contribution in [2.45, 2.75) is 64.0 Å². The van der Waals surface area contributed by atoms with Gasteiger partial charge in [0.05, 0.1) is 24.0 Å². The predicted octanol–water partition coefficient (Wildman–Crippen LogP) is 4.76. The van der Waals surface area contributed by atoms with Crippen LogP contribution in [0.25, 0.3) is 0 Å². The summed E-state index contributed by atoms with van der Waals surface area (Å²) >= 11 is 3.31. The van der Waals surface area contributed by atoms with E-state index in [1.807, 2.05) is 13.8 Å². The van der Waals surface area contributed by atoms with Gasteiger partial charge >= 0.3 is 11.9 Å². The Kier molecular flexibility index (Phi) is 11.1. The van der Waals surface area contributed by atoms with Crippen molar-refractivity contribution in [3.63, 3.8) is 0 Å². The van der Waals surface area contributed by atoms with Crippen molar-refractivity contribution in [1.29, 1.82) is 0 Å². The van der Waals surface area contributed by atoms with Crippen LogP contribution in [0.2, 0.25) is 0 Å². The van der Waals surface area contributed by atoms with Gasteiger partial charge in [0.1, 0.15) is 9.88 Å². The number of amides is 2. The Morgan fingerprint density at radius 3 is 2.14 bits per heavy atom. The van der Waals surface area contributed by atoms with Crippen LogP contribution in [0.15, 0.2) is 4.34 Å². The number of carbonyl (C=O) groups is 4. The van der Waals surface area contributed by atoms with Crippen molar-refractivity contribution in [2.75, 3.05) is 23.8 Å². The van der Waals surface area contributed by atoms with Gasteiger partial charge in [0, 0.05) is 5.92 Å². The Hall–Kier alpha value is -2.51. The molecule has 192 valence electrons. The zero-order valence-corrected chi connectivity index (χ0v) is 23.0. The Morgan fingerprint density at radius 2 is 1.54 bits per heavy atom. The lowest BCUT2D eigenvalue weighted by atomic mass is 10.0. The average Bonchev–Trinajstić information content (AvgIpc) is 3.38. The minimum absolute atomic E-state index is 0.0953. The Labute approximate surface area is 216 Å².